The van der Waals surface area contributed by atoms with Crippen LogP contribution in [0.2, 0.25) is 0 Å². The monoisotopic (exact) mass is 468 g/mol. The normalized spacial score (nSPS) is 15.5. The molecule has 0 saturated carbocycles. The summed E-state index contributed by atoms with van der Waals surface area (Å²) in [5.41, 5.74) is 12.3. The highest BCUT2D eigenvalue weighted by Gasteiger charge is 2.22. The molecule has 0 fully saturated rings. The lowest BCUT2D eigenvalue weighted by Gasteiger charge is -2.27. The van der Waals surface area contributed by atoms with E-state index in [-0.39, 0.29) is 0 Å². The molecule has 0 spiro atoms. The lowest BCUT2D eigenvalue weighted by atomic mass is 9.77. The van der Waals surface area contributed by atoms with Crippen LogP contribution in [-0.4, -0.2) is 0 Å². The molecule has 0 N–H and O–H groups in total. The highest BCUT2D eigenvalue weighted by Crippen LogP contribution is 2.39. The number of thiol groups is 1. The fourth-order valence-corrected chi connectivity index (χ4v) is 5.86. The van der Waals surface area contributed by atoms with Crippen LogP contribution in [0.1, 0.15) is 98.6 Å². The summed E-state index contributed by atoms with van der Waals surface area (Å²) in [5, 5.41) is 0. The van der Waals surface area contributed by atoms with E-state index < -0.39 is 0 Å². The Morgan fingerprint density at radius 3 is 2.47 bits per heavy atom. The summed E-state index contributed by atoms with van der Waals surface area (Å²) in [6.45, 7) is 13.7. The van der Waals surface area contributed by atoms with Gasteiger partial charge in [-0.1, -0.05) is 89.6 Å². The Kier molecular flexibility index (Phi) is 8.04. The predicted octanol–water partition coefficient (Wildman–Crippen LogP) is 9.80. The van der Waals surface area contributed by atoms with Crippen molar-refractivity contribution in [3.63, 3.8) is 0 Å². The van der Waals surface area contributed by atoms with Crippen molar-refractivity contribution in [2.24, 2.45) is 0 Å². The fourth-order valence-electron chi connectivity index (χ4n) is 5.59. The summed E-state index contributed by atoms with van der Waals surface area (Å²) < 4.78 is 0. The zero-order valence-corrected chi connectivity index (χ0v) is 22.3. The van der Waals surface area contributed by atoms with Crippen molar-refractivity contribution >= 4 is 18.2 Å². The molecular weight excluding hydrogens is 428 g/mol. The van der Waals surface area contributed by atoms with Gasteiger partial charge in [-0.2, -0.15) is 0 Å². The first-order valence-corrected chi connectivity index (χ1v) is 13.7. The third-order valence-corrected chi connectivity index (χ3v) is 8.06. The van der Waals surface area contributed by atoms with Crippen LogP contribution in [-0.2, 0) is 19.3 Å². The first-order chi connectivity index (χ1) is 16.4. The van der Waals surface area contributed by atoms with E-state index >= 15 is 0 Å². The lowest BCUT2D eigenvalue weighted by Crippen LogP contribution is -2.13. The standard InChI is InChI=1S/C33H40S/c1-6-9-24(8-3)27-12-11-25(10-7-2)29(19-27)17-22(4)26-14-16-33(34)32(21-26)28-13-15-31-23(5)18-30(31)20-28/h11-16,19-21,23-24,34H,4,6-10,17-18H2,1-3,5H3. The van der Waals surface area contributed by atoms with E-state index in [9.17, 15) is 0 Å². The number of benzene rings is 3. The summed E-state index contributed by atoms with van der Waals surface area (Å²) in [7, 11) is 0. The molecule has 0 nitrogen and oxygen atoms in total. The van der Waals surface area contributed by atoms with Crippen molar-refractivity contribution in [1.82, 2.24) is 0 Å². The minimum Gasteiger partial charge on any atom is -0.143 e. The number of aryl methyl sites for hydroxylation is 1. The van der Waals surface area contributed by atoms with Crippen LogP contribution in [0, 0.1) is 0 Å². The Bertz CT molecular complexity index is 1170. The summed E-state index contributed by atoms with van der Waals surface area (Å²) in [6, 6.07) is 20.8. The average molecular weight is 469 g/mol. The fraction of sp³-hybridized carbons (Fsp3) is 0.394. The van der Waals surface area contributed by atoms with Gasteiger partial charge >= 0.3 is 0 Å². The lowest BCUT2D eigenvalue weighted by molar-refractivity contribution is 0.595. The molecular formula is C33H40S. The third kappa shape index (κ3) is 5.20. The van der Waals surface area contributed by atoms with Gasteiger partial charge in [0.25, 0.3) is 0 Å². The quantitative estimate of drug-likeness (QED) is 0.281. The topological polar surface area (TPSA) is 0 Å². The molecule has 0 radical (unpaired) electrons. The summed E-state index contributed by atoms with van der Waals surface area (Å²) in [6.07, 6.45) is 8.08. The van der Waals surface area contributed by atoms with Crippen LogP contribution in [0.3, 0.4) is 0 Å². The molecule has 2 atom stereocenters. The van der Waals surface area contributed by atoms with Gasteiger partial charge < -0.3 is 0 Å². The minimum absolute atomic E-state index is 0.654. The van der Waals surface area contributed by atoms with Gasteiger partial charge in [-0.25, -0.2) is 0 Å². The second kappa shape index (κ2) is 11.0. The van der Waals surface area contributed by atoms with E-state index in [1.807, 2.05) is 0 Å². The maximum absolute atomic E-state index is 4.80. The van der Waals surface area contributed by atoms with Crippen LogP contribution in [0.5, 0.6) is 0 Å². The molecule has 34 heavy (non-hydrogen) atoms. The molecule has 2 unspecified atom stereocenters. The first kappa shape index (κ1) is 24.9. The molecule has 3 aromatic rings. The Balaban J connectivity index is 1.62. The van der Waals surface area contributed by atoms with Crippen molar-refractivity contribution in [3.05, 3.63) is 94.6 Å². The highest BCUT2D eigenvalue weighted by molar-refractivity contribution is 7.80. The van der Waals surface area contributed by atoms with Crippen molar-refractivity contribution < 1.29 is 0 Å². The van der Waals surface area contributed by atoms with E-state index in [1.165, 1.54) is 82.2 Å². The van der Waals surface area contributed by atoms with Crippen LogP contribution >= 0.6 is 12.6 Å². The smallest absolute Gasteiger partial charge is 0.0119 e. The number of hydrogen-bond acceptors (Lipinski definition) is 1. The SMILES string of the molecule is C=C(Cc1cc(C(CC)CCC)ccc1CCC)c1ccc(S)c(-c2ccc3c(c2)CC3C)c1. The molecule has 0 aromatic heterocycles. The average Bonchev–Trinajstić information content (AvgIpc) is 2.83. The van der Waals surface area contributed by atoms with E-state index in [0.29, 0.717) is 11.8 Å². The molecule has 1 aliphatic carbocycles. The molecule has 0 aliphatic heterocycles. The molecule has 178 valence electrons. The molecule has 1 aliphatic rings. The van der Waals surface area contributed by atoms with Gasteiger partial charge in [-0.3, -0.25) is 0 Å². The summed E-state index contributed by atoms with van der Waals surface area (Å²) >= 11 is 4.80. The van der Waals surface area contributed by atoms with Crippen molar-refractivity contribution in [3.8, 4) is 11.1 Å². The van der Waals surface area contributed by atoms with Crippen LogP contribution in [0.25, 0.3) is 16.7 Å². The summed E-state index contributed by atoms with van der Waals surface area (Å²) in [5.74, 6) is 1.35. The number of fused-ring (bicyclic) bond motifs is 1. The first-order valence-electron chi connectivity index (χ1n) is 13.2. The van der Waals surface area contributed by atoms with Gasteiger partial charge in [-0.05, 0) is 106 Å². The predicted molar refractivity (Wildman–Crippen MR) is 152 cm³/mol. The minimum atomic E-state index is 0.654. The zero-order chi connectivity index (χ0) is 24.2. The largest absolute Gasteiger partial charge is 0.143 e. The molecule has 1 heteroatoms. The second-order valence-electron chi connectivity index (χ2n) is 10.2. The number of hydrogen-bond donors (Lipinski definition) is 1. The van der Waals surface area contributed by atoms with E-state index in [0.717, 1.165) is 17.7 Å². The van der Waals surface area contributed by atoms with Crippen molar-refractivity contribution in [2.45, 2.75) is 89.4 Å². The highest BCUT2D eigenvalue weighted by atomic mass is 32.1. The molecule has 0 heterocycles. The molecule has 3 aromatic carbocycles. The van der Waals surface area contributed by atoms with E-state index in [2.05, 4.69) is 88.9 Å². The number of rotatable bonds is 10. The second-order valence-corrected chi connectivity index (χ2v) is 10.7. The number of allylic oxidation sites excluding steroid dienone is 1. The molecule has 0 amide bonds. The maximum Gasteiger partial charge on any atom is 0.0119 e. The van der Waals surface area contributed by atoms with Crippen LogP contribution in [0.15, 0.2) is 66.1 Å². The van der Waals surface area contributed by atoms with E-state index in [4.69, 9.17) is 12.6 Å². The Hall–Kier alpha value is -2.25. The van der Waals surface area contributed by atoms with Gasteiger partial charge in [0.2, 0.25) is 0 Å². The van der Waals surface area contributed by atoms with Crippen molar-refractivity contribution in [1.29, 1.82) is 0 Å². The van der Waals surface area contributed by atoms with Crippen LogP contribution in [0.4, 0.5) is 0 Å². The Labute approximate surface area is 212 Å². The van der Waals surface area contributed by atoms with Gasteiger partial charge in [0.1, 0.15) is 0 Å². The van der Waals surface area contributed by atoms with E-state index in [1.54, 1.807) is 0 Å². The Morgan fingerprint density at radius 1 is 0.971 bits per heavy atom. The third-order valence-electron chi connectivity index (χ3n) is 7.67. The Morgan fingerprint density at radius 2 is 1.79 bits per heavy atom. The van der Waals surface area contributed by atoms with Crippen molar-refractivity contribution in [2.75, 3.05) is 0 Å². The molecule has 0 bridgehead atoms. The zero-order valence-electron chi connectivity index (χ0n) is 21.5. The maximum atomic E-state index is 4.80. The summed E-state index contributed by atoms with van der Waals surface area (Å²) in [4.78, 5) is 1.03. The molecule has 4 rings (SSSR count). The van der Waals surface area contributed by atoms with Gasteiger partial charge in [0, 0.05) is 4.90 Å². The molecule has 0 saturated heterocycles. The van der Waals surface area contributed by atoms with Gasteiger partial charge in [0.15, 0.2) is 0 Å². The van der Waals surface area contributed by atoms with Gasteiger partial charge in [0.05, 0.1) is 0 Å². The van der Waals surface area contributed by atoms with Crippen LogP contribution < -0.4 is 0 Å². The van der Waals surface area contributed by atoms with Gasteiger partial charge in [-0.15, -0.1) is 12.6 Å².